The molecule has 550 valence electrons. The van der Waals surface area contributed by atoms with Crippen LogP contribution in [-0.4, -0.2) is 240 Å². The number of benzene rings is 1. The minimum absolute atomic E-state index is 0.0998. The van der Waals surface area contributed by atoms with Crippen LogP contribution < -0.4 is 86.7 Å². The highest BCUT2D eigenvalue weighted by molar-refractivity contribution is 6.00. The largest absolute Gasteiger partial charge is 0.508 e. The van der Waals surface area contributed by atoms with Gasteiger partial charge in [-0.05, 0) is 76.1 Å². The summed E-state index contributed by atoms with van der Waals surface area (Å²) in [6.07, 6.45) is -2.63. The Labute approximate surface area is 566 Å². The standard InChI is InChI=1S/C59H92N18O22/c1-6-27(2)46(76-51(91)35(9-7-8-18-60)68-54(94)39(21-44(62)85)70-49(89)28(3)66-30(5)82)58(98)75-41(24-79)56(96)71-37(19-31-10-12-33(83)13-11-31)52(92)69-36(14-16-43(61)84)50(90)73-40(23-78)55(95)72-38(20-32-22-64-26-65-32)53(93)74-42(25-80)57(97)77-47(29(4)81)59(99)67-34(48(63)88)15-17-45(86)87/h10-13,22,26-29,34-42,46-47,78-81,83H,6-9,14-21,23-25,60H2,1-5H3,(H2,61,84)(H2,62,85)(H2,63,88)(H,64,65)(H,66,82)(H,67,99)(H,68,94)(H,69,92)(H,70,89)(H,71,96)(H,72,95)(H,73,90)(H,74,93)(H,75,98)(H,76,91)(H,77,97)(H,86,87)/t27-,28-,29+,34-,35-,36-,37-,38-,39-,40-,41-,42-,46-,47-/m0/s1. The van der Waals surface area contributed by atoms with Crippen molar-refractivity contribution >= 4 is 94.6 Å². The minimum atomic E-state index is -2.01. The highest BCUT2D eigenvalue weighted by Crippen LogP contribution is 2.15. The number of amides is 15. The van der Waals surface area contributed by atoms with Gasteiger partial charge in [-0.25, -0.2) is 4.98 Å². The lowest BCUT2D eigenvalue weighted by molar-refractivity contribution is -0.138. The fraction of sp³-hybridized carbons (Fsp3) is 0.576. The number of H-pyrrole nitrogens is 1. The molecule has 1 aromatic carbocycles. The molecule has 0 aliphatic heterocycles. The van der Waals surface area contributed by atoms with E-state index >= 15 is 0 Å². The zero-order valence-corrected chi connectivity index (χ0v) is 55.1. The first-order chi connectivity index (χ1) is 46.6. The topological polar surface area (TPSA) is 672 Å². The van der Waals surface area contributed by atoms with Crippen LogP contribution in [0.2, 0.25) is 0 Å². The van der Waals surface area contributed by atoms with Gasteiger partial charge in [-0.1, -0.05) is 32.4 Å². The van der Waals surface area contributed by atoms with E-state index in [4.69, 9.17) is 28.0 Å². The Hall–Kier alpha value is -10.4. The third kappa shape index (κ3) is 30.2. The molecule has 2 aromatic rings. The summed E-state index contributed by atoms with van der Waals surface area (Å²) in [5, 5.41) is 88.3. The number of nitrogens with one attached hydrogen (secondary N) is 13. The van der Waals surface area contributed by atoms with E-state index in [1.54, 1.807) is 13.8 Å². The number of hydrogen-bond acceptors (Lipinski definition) is 23. The second-order valence-corrected chi connectivity index (χ2v) is 23.1. The summed E-state index contributed by atoms with van der Waals surface area (Å²) < 4.78 is 0. The molecule has 40 heteroatoms. The number of nitrogens with two attached hydrogens (primary N) is 4. The van der Waals surface area contributed by atoms with Gasteiger partial charge in [0.1, 0.15) is 78.3 Å². The van der Waals surface area contributed by atoms with E-state index in [1.165, 1.54) is 43.7 Å². The molecule has 0 saturated heterocycles. The fourth-order valence-corrected chi connectivity index (χ4v) is 9.20. The number of aromatic amines is 1. The first kappa shape index (κ1) is 84.6. The Kier molecular flexibility index (Phi) is 36.7. The number of aromatic hydroxyl groups is 1. The fourth-order valence-electron chi connectivity index (χ4n) is 9.20. The summed E-state index contributed by atoms with van der Waals surface area (Å²) in [5.74, 6) is -18.8. The molecule has 2 rings (SSSR count). The lowest BCUT2D eigenvalue weighted by Crippen LogP contribution is -2.62. The molecule has 0 spiro atoms. The molecule has 0 aliphatic carbocycles. The number of rotatable bonds is 46. The molecule has 0 bridgehead atoms. The molecule has 15 amide bonds. The summed E-state index contributed by atoms with van der Waals surface area (Å²) in [7, 11) is 0. The van der Waals surface area contributed by atoms with Crippen molar-refractivity contribution < 1.29 is 107 Å². The average Bonchev–Trinajstić information content (AvgIpc) is 1.07. The molecular formula is C59H92N18O22. The number of aliphatic hydroxyl groups is 4. The number of primary amides is 3. The first-order valence-corrected chi connectivity index (χ1v) is 31.2. The second kappa shape index (κ2) is 43.0. The first-order valence-electron chi connectivity index (χ1n) is 31.2. The van der Waals surface area contributed by atoms with Crippen LogP contribution in [0.5, 0.6) is 5.75 Å². The molecule has 40 nitrogen and oxygen atoms in total. The summed E-state index contributed by atoms with van der Waals surface area (Å²) in [5.41, 5.74) is 22.2. The van der Waals surface area contributed by atoms with E-state index in [2.05, 4.69) is 73.8 Å². The van der Waals surface area contributed by atoms with Crippen molar-refractivity contribution in [2.75, 3.05) is 26.4 Å². The number of imidazole rings is 1. The number of carboxylic acids is 1. The van der Waals surface area contributed by atoms with Crippen molar-refractivity contribution in [2.24, 2.45) is 28.9 Å². The van der Waals surface area contributed by atoms with Crippen molar-refractivity contribution in [2.45, 2.75) is 184 Å². The zero-order chi connectivity index (χ0) is 74.8. The maximum Gasteiger partial charge on any atom is 0.303 e. The number of phenolic OH excluding ortho intramolecular Hbond substituents is 1. The molecule has 1 aromatic heterocycles. The Morgan fingerprint density at radius 3 is 1.38 bits per heavy atom. The number of unbranched alkanes of at least 4 members (excludes halogenated alkanes) is 1. The van der Waals surface area contributed by atoms with Gasteiger partial charge < -0.3 is 122 Å². The number of aliphatic hydroxyl groups excluding tert-OH is 4. The molecule has 0 aliphatic rings. The van der Waals surface area contributed by atoms with E-state index in [0.717, 1.165) is 13.8 Å². The number of nitrogens with zero attached hydrogens (tertiary/aromatic N) is 1. The summed E-state index contributed by atoms with van der Waals surface area (Å²) in [4.78, 5) is 218. The van der Waals surface area contributed by atoms with Crippen LogP contribution in [0.25, 0.3) is 0 Å². The van der Waals surface area contributed by atoms with Crippen LogP contribution in [0.3, 0.4) is 0 Å². The van der Waals surface area contributed by atoms with E-state index in [1.807, 2.05) is 0 Å². The lowest BCUT2D eigenvalue weighted by atomic mass is 9.97. The molecular weight excluding hydrogens is 1310 g/mol. The van der Waals surface area contributed by atoms with Gasteiger partial charge in [-0.15, -0.1) is 0 Å². The number of carboxylic acid groups (broad SMARTS) is 1. The van der Waals surface area contributed by atoms with Gasteiger partial charge in [0.25, 0.3) is 0 Å². The van der Waals surface area contributed by atoms with Crippen molar-refractivity contribution in [3.63, 3.8) is 0 Å². The molecule has 0 fully saturated rings. The summed E-state index contributed by atoms with van der Waals surface area (Å²) >= 11 is 0. The predicted molar refractivity (Wildman–Crippen MR) is 342 cm³/mol. The van der Waals surface area contributed by atoms with E-state index in [-0.39, 0.29) is 42.8 Å². The van der Waals surface area contributed by atoms with Gasteiger partial charge in [-0.3, -0.25) is 76.7 Å². The van der Waals surface area contributed by atoms with Gasteiger partial charge in [0.05, 0.1) is 38.7 Å². The summed E-state index contributed by atoms with van der Waals surface area (Å²) in [6, 6.07) is -15.4. The SMILES string of the molecule is CC[C@H](C)[C@H](NC(=O)[C@H](CCCCN)NC(=O)[C@H](CC(N)=O)NC(=O)[C@H](C)NC(C)=O)C(=O)N[C@@H](CO)C(=O)N[C@@H](Cc1ccc(O)cc1)C(=O)N[C@@H](CCC(N)=O)C(=O)N[C@@H](CO)C(=O)N[C@@H](Cc1cnc[nH]1)C(=O)N[C@@H](CO)C(=O)N[C@H](C(=O)N[C@@H](CCC(=O)O)C(N)=O)[C@@H](C)O. The highest BCUT2D eigenvalue weighted by atomic mass is 16.4. The predicted octanol–water partition coefficient (Wildman–Crippen LogP) is -10.2. The molecule has 1 heterocycles. The maximum absolute atomic E-state index is 14.5. The number of phenols is 1. The number of aromatic nitrogens is 2. The van der Waals surface area contributed by atoms with Gasteiger partial charge in [-0.2, -0.15) is 0 Å². The normalized spacial score (nSPS) is 15.3. The monoisotopic (exact) mass is 1400 g/mol. The van der Waals surface area contributed by atoms with Crippen LogP contribution in [0.1, 0.15) is 104 Å². The lowest BCUT2D eigenvalue weighted by Gasteiger charge is -2.29. The quantitative estimate of drug-likeness (QED) is 0.0274. The van der Waals surface area contributed by atoms with Gasteiger partial charge >= 0.3 is 5.97 Å². The Bertz CT molecular complexity index is 3120. The van der Waals surface area contributed by atoms with E-state index < -0.39 is 244 Å². The molecule has 27 N–H and O–H groups in total. The Balaban J connectivity index is 2.48. The number of hydrogen-bond donors (Lipinski definition) is 23. The molecule has 0 unspecified atom stereocenters. The van der Waals surface area contributed by atoms with Gasteiger partial charge in [0, 0.05) is 44.5 Å². The van der Waals surface area contributed by atoms with E-state index in [0.29, 0.717) is 6.42 Å². The van der Waals surface area contributed by atoms with Crippen LogP contribution >= 0.6 is 0 Å². The van der Waals surface area contributed by atoms with Crippen LogP contribution in [-0.2, 0) is 89.6 Å². The molecule has 0 saturated carbocycles. The number of carbonyl (C=O) groups is 16. The van der Waals surface area contributed by atoms with E-state index in [9.17, 15) is 102 Å². The Morgan fingerprint density at radius 1 is 0.495 bits per heavy atom. The van der Waals surface area contributed by atoms with Crippen LogP contribution in [0, 0.1) is 5.92 Å². The third-order valence-corrected chi connectivity index (χ3v) is 15.0. The smallest absolute Gasteiger partial charge is 0.303 e. The van der Waals surface area contributed by atoms with Crippen molar-refractivity contribution in [1.29, 1.82) is 0 Å². The Morgan fingerprint density at radius 2 is 0.919 bits per heavy atom. The number of carbonyl (C=O) groups excluding carboxylic acids is 15. The van der Waals surface area contributed by atoms with Gasteiger partial charge in [0.15, 0.2) is 0 Å². The second-order valence-electron chi connectivity index (χ2n) is 23.1. The number of aliphatic carboxylic acids is 1. The maximum atomic E-state index is 14.5. The molecule has 99 heavy (non-hydrogen) atoms. The summed E-state index contributed by atoms with van der Waals surface area (Å²) in [6.45, 7) is 3.27. The van der Waals surface area contributed by atoms with Crippen molar-refractivity contribution in [3.8, 4) is 5.75 Å². The van der Waals surface area contributed by atoms with Crippen molar-refractivity contribution in [3.05, 3.63) is 48.0 Å². The highest BCUT2D eigenvalue weighted by Gasteiger charge is 2.38. The van der Waals surface area contributed by atoms with Gasteiger partial charge in [0.2, 0.25) is 88.6 Å². The average molecular weight is 1410 g/mol. The molecule has 14 atom stereocenters. The van der Waals surface area contributed by atoms with Crippen LogP contribution in [0.4, 0.5) is 0 Å². The minimum Gasteiger partial charge on any atom is -0.508 e. The van der Waals surface area contributed by atoms with Crippen molar-refractivity contribution in [1.82, 2.24) is 73.8 Å². The molecule has 0 radical (unpaired) electrons. The third-order valence-electron chi connectivity index (χ3n) is 15.0. The zero-order valence-electron chi connectivity index (χ0n) is 55.1. The van der Waals surface area contributed by atoms with Crippen LogP contribution in [0.15, 0.2) is 36.8 Å².